The minimum absolute atomic E-state index is 0. The number of nitrogens with zero attached hydrogens (tertiary/aromatic N) is 2. The van der Waals surface area contributed by atoms with E-state index in [1.165, 1.54) is 13.0 Å². The fraction of sp³-hybridized carbons (Fsp3) is 0.188. The molecule has 4 heteroatoms. The third kappa shape index (κ3) is 7.20. The summed E-state index contributed by atoms with van der Waals surface area (Å²) in [4.78, 5) is 14.2. The molecule has 0 radical (unpaired) electrons. The predicted molar refractivity (Wildman–Crippen MR) is 78.8 cm³/mol. The van der Waals surface area contributed by atoms with Crippen molar-refractivity contribution >= 4 is 11.5 Å². The molecule has 0 unspecified atom stereocenters. The van der Waals surface area contributed by atoms with E-state index in [-0.39, 0.29) is 26.8 Å². The van der Waals surface area contributed by atoms with Crippen LogP contribution in [0.5, 0.6) is 0 Å². The monoisotopic (exact) mass is 450 g/mol. The van der Waals surface area contributed by atoms with Crippen LogP contribution < -0.4 is 4.90 Å². The number of ketones is 1. The van der Waals surface area contributed by atoms with Crippen molar-refractivity contribution in [3.63, 3.8) is 0 Å². The maximum Gasteiger partial charge on any atom is 0.0735 e. The van der Waals surface area contributed by atoms with Gasteiger partial charge in [0.1, 0.15) is 0 Å². The molecule has 20 heavy (non-hydrogen) atoms. The third-order valence-electron chi connectivity index (χ3n) is 2.19. The van der Waals surface area contributed by atoms with Crippen molar-refractivity contribution in [1.29, 1.82) is 0 Å². The summed E-state index contributed by atoms with van der Waals surface area (Å²) in [5, 5.41) is 0. The number of carbonyl (C=O) groups is 1. The van der Waals surface area contributed by atoms with Gasteiger partial charge in [-0.1, -0.05) is 6.92 Å². The van der Waals surface area contributed by atoms with Crippen molar-refractivity contribution in [2.45, 2.75) is 13.8 Å². The van der Waals surface area contributed by atoms with Crippen molar-refractivity contribution in [2.75, 3.05) is 11.9 Å². The molecule has 1 aromatic carbocycles. The Bertz CT molecular complexity index is 465. The second-order valence-electron chi connectivity index (χ2n) is 4.34. The van der Waals surface area contributed by atoms with E-state index in [4.69, 9.17) is 0 Å². The van der Waals surface area contributed by atoms with Gasteiger partial charge in [0, 0.05) is 21.1 Å². The zero-order chi connectivity index (χ0) is 14.3. The van der Waals surface area contributed by atoms with Crippen molar-refractivity contribution in [3.05, 3.63) is 68.0 Å². The maximum absolute atomic E-state index is 10.1. The van der Waals surface area contributed by atoms with Crippen molar-refractivity contribution in [1.82, 2.24) is 4.90 Å². The van der Waals surface area contributed by atoms with Crippen LogP contribution in [0.1, 0.15) is 13.8 Å². The molecule has 112 valence electrons. The van der Waals surface area contributed by atoms with E-state index < -0.39 is 0 Å². The second-order valence-corrected chi connectivity index (χ2v) is 4.34. The molecule has 0 fully saturated rings. The van der Waals surface area contributed by atoms with Crippen LogP contribution >= 0.6 is 0 Å². The van der Waals surface area contributed by atoms with Crippen molar-refractivity contribution in [2.24, 2.45) is 0 Å². The predicted octanol–water partition coefficient (Wildman–Crippen LogP) is 3.18. The molecule has 0 saturated heterocycles. The molecule has 0 saturated carbocycles. The van der Waals surface area contributed by atoms with E-state index in [9.17, 15) is 4.79 Å². The molecule has 1 aliphatic rings. The number of anilines is 1. The average Bonchev–Trinajstić information content (AvgIpc) is 2.76. The quantitative estimate of drug-likeness (QED) is 0.511. The van der Waals surface area contributed by atoms with Gasteiger partial charge in [0.25, 0.3) is 0 Å². The van der Waals surface area contributed by atoms with Gasteiger partial charge in [-0.25, -0.2) is 12.5 Å². The van der Waals surface area contributed by atoms with Gasteiger partial charge >= 0.3 is 0 Å². The number of rotatable bonds is 2. The Balaban J connectivity index is 0.000000396. The molecule has 0 aromatic heterocycles. The Morgan fingerprint density at radius 1 is 1.35 bits per heavy atom. The standard InChI is InChI=1S/C10H10N2.C6H9O.Pt/c1-11-7-8-12(9-11)10-5-3-2-4-6-10;1-5(2)4-6(3)7;/h2-5,7-9H,1H3;4H,1H2,2-3H3;/q-2;-1;. The van der Waals surface area contributed by atoms with Crippen LogP contribution in [0.15, 0.2) is 48.3 Å². The van der Waals surface area contributed by atoms with E-state index in [1.807, 2.05) is 60.2 Å². The molecule has 0 bridgehead atoms. The number of para-hydroxylation sites is 1. The number of allylic oxidation sites excluding steroid dienone is 2. The molecule has 0 spiro atoms. The summed E-state index contributed by atoms with van der Waals surface area (Å²) >= 11 is 0. The summed E-state index contributed by atoms with van der Waals surface area (Å²) in [6, 6.07) is 11.1. The van der Waals surface area contributed by atoms with Gasteiger partial charge in [0.15, 0.2) is 0 Å². The van der Waals surface area contributed by atoms with Gasteiger partial charge in [-0.2, -0.15) is 43.1 Å². The minimum atomic E-state index is 0. The number of hydrogen-bond acceptors (Lipinski definition) is 3. The fourth-order valence-electron chi connectivity index (χ4n) is 1.48. The van der Waals surface area contributed by atoms with Gasteiger partial charge in [0.2, 0.25) is 0 Å². The minimum Gasteiger partial charge on any atom is -0.510 e. The summed E-state index contributed by atoms with van der Waals surface area (Å²) in [6.07, 6.45) is 5.51. The molecule has 1 aliphatic heterocycles. The van der Waals surface area contributed by atoms with Gasteiger partial charge in [-0.15, -0.1) is 5.69 Å². The molecule has 1 heterocycles. The van der Waals surface area contributed by atoms with Crippen LogP contribution in [-0.2, 0) is 25.9 Å². The summed E-state index contributed by atoms with van der Waals surface area (Å²) in [7, 11) is 2.00. The Morgan fingerprint density at radius 3 is 2.40 bits per heavy atom. The first-order valence-electron chi connectivity index (χ1n) is 6.00. The molecule has 0 N–H and O–H groups in total. The summed E-state index contributed by atoms with van der Waals surface area (Å²) < 4.78 is 0. The Hall–Kier alpha value is -1.47. The van der Waals surface area contributed by atoms with E-state index in [0.717, 1.165) is 11.3 Å². The molecule has 2 rings (SSSR count). The molecule has 0 aliphatic carbocycles. The van der Waals surface area contributed by atoms with Gasteiger partial charge in [-0.3, -0.25) is 0 Å². The first-order valence-corrected chi connectivity index (χ1v) is 6.00. The normalized spacial score (nSPS) is 13.4. The summed E-state index contributed by atoms with van der Waals surface area (Å²) in [5.74, 6) is 0.0625. The smallest absolute Gasteiger partial charge is 0.0735 e. The molecule has 1 aromatic rings. The van der Waals surface area contributed by atoms with E-state index in [0.29, 0.717) is 0 Å². The van der Waals surface area contributed by atoms with Crippen LogP contribution in [0.25, 0.3) is 0 Å². The van der Waals surface area contributed by atoms with Gasteiger partial charge in [-0.05, 0) is 26.4 Å². The number of carbonyl (C=O) groups excluding carboxylic acids is 1. The van der Waals surface area contributed by atoms with E-state index >= 15 is 0 Å². The van der Waals surface area contributed by atoms with Gasteiger partial charge in [0.05, 0.1) is 5.78 Å². The van der Waals surface area contributed by atoms with Gasteiger partial charge < -0.3 is 14.6 Å². The topological polar surface area (TPSA) is 23.6 Å². The molecule has 0 amide bonds. The Labute approximate surface area is 136 Å². The molecular formula is C16H19N2OPt-3. The fourth-order valence-corrected chi connectivity index (χ4v) is 1.48. The first-order chi connectivity index (χ1) is 8.99. The van der Waals surface area contributed by atoms with Crippen LogP contribution in [0.3, 0.4) is 0 Å². The molecule has 0 atom stereocenters. The molecule has 3 nitrogen and oxygen atoms in total. The van der Waals surface area contributed by atoms with E-state index in [1.54, 1.807) is 6.92 Å². The first kappa shape index (κ1) is 18.5. The van der Waals surface area contributed by atoms with Crippen LogP contribution in [0.2, 0.25) is 0 Å². The number of hydrogen-bond donors (Lipinski definition) is 0. The van der Waals surface area contributed by atoms with Crippen molar-refractivity contribution in [3.8, 4) is 0 Å². The second kappa shape index (κ2) is 9.43. The zero-order valence-corrected chi connectivity index (χ0v) is 14.2. The Morgan fingerprint density at radius 2 is 2.05 bits per heavy atom. The maximum atomic E-state index is 10.1. The summed E-state index contributed by atoms with van der Waals surface area (Å²) in [5.41, 5.74) is 1.88. The van der Waals surface area contributed by atoms with Crippen LogP contribution in [0.4, 0.5) is 5.69 Å². The van der Waals surface area contributed by atoms with Crippen molar-refractivity contribution < 1.29 is 25.9 Å². The van der Waals surface area contributed by atoms with Crippen LogP contribution in [0, 0.1) is 19.7 Å². The SMILES string of the molecule is CN1C=CN(c2[c-]cccc2)[CH-]1.[CH2-]C(C)=CC(C)=O.[Pt]. The van der Waals surface area contributed by atoms with Crippen LogP contribution in [-0.4, -0.2) is 17.7 Å². The van der Waals surface area contributed by atoms with E-state index in [2.05, 4.69) is 13.0 Å². The average molecular weight is 450 g/mol. The largest absolute Gasteiger partial charge is 0.510 e. The molecular weight excluding hydrogens is 431 g/mol. The zero-order valence-electron chi connectivity index (χ0n) is 11.9. The summed E-state index contributed by atoms with van der Waals surface area (Å²) in [6.45, 7) is 8.83. The Kier molecular flexibility index (Phi) is 8.74. The third-order valence-corrected chi connectivity index (χ3v) is 2.19. The number of benzene rings is 1.